The van der Waals surface area contributed by atoms with Crippen molar-refractivity contribution in [1.29, 1.82) is 0 Å². The molecule has 0 rings (SSSR count). The Morgan fingerprint density at radius 2 is 0.519 bits per heavy atom. The Bertz CT molecular complexity index is 1470. The topological polar surface area (TPSA) is 78.9 Å². The molecule has 0 aromatic carbocycles. The molecular weight excluding hydrogens is 949 g/mol. The van der Waals surface area contributed by atoms with Crippen molar-refractivity contribution in [3.05, 3.63) is 85.1 Å². The fourth-order valence-corrected chi connectivity index (χ4v) is 9.43. The summed E-state index contributed by atoms with van der Waals surface area (Å²) in [4.78, 5) is 38.4. The number of carbonyl (C=O) groups excluding carboxylic acids is 3. The van der Waals surface area contributed by atoms with E-state index in [1.54, 1.807) is 0 Å². The van der Waals surface area contributed by atoms with Gasteiger partial charge >= 0.3 is 17.9 Å². The zero-order valence-corrected chi connectivity index (χ0v) is 51.0. The second-order valence-corrected chi connectivity index (χ2v) is 22.0. The van der Waals surface area contributed by atoms with Crippen LogP contribution in [-0.4, -0.2) is 37.2 Å². The Kier molecular flexibility index (Phi) is 62.2. The first-order valence-electron chi connectivity index (χ1n) is 33.1. The van der Waals surface area contributed by atoms with Crippen LogP contribution in [0.5, 0.6) is 0 Å². The number of esters is 3. The Morgan fingerprint density at radius 3 is 0.831 bits per heavy atom. The first kappa shape index (κ1) is 73.6. The van der Waals surface area contributed by atoms with E-state index in [1.165, 1.54) is 173 Å². The molecule has 0 aliphatic carbocycles. The predicted molar refractivity (Wildman–Crippen MR) is 334 cm³/mol. The van der Waals surface area contributed by atoms with Crippen LogP contribution in [0.3, 0.4) is 0 Å². The van der Waals surface area contributed by atoms with E-state index in [-0.39, 0.29) is 31.1 Å². The van der Waals surface area contributed by atoms with Gasteiger partial charge in [-0.05, 0) is 89.9 Å². The van der Waals surface area contributed by atoms with Crippen molar-refractivity contribution in [3.63, 3.8) is 0 Å². The van der Waals surface area contributed by atoms with E-state index in [4.69, 9.17) is 14.2 Å². The Morgan fingerprint density at radius 1 is 0.273 bits per heavy atom. The van der Waals surface area contributed by atoms with Crippen molar-refractivity contribution < 1.29 is 28.6 Å². The van der Waals surface area contributed by atoms with Crippen molar-refractivity contribution in [3.8, 4) is 0 Å². The third kappa shape index (κ3) is 63.3. The van der Waals surface area contributed by atoms with Crippen molar-refractivity contribution in [1.82, 2.24) is 0 Å². The Hall–Kier alpha value is -3.41. The molecule has 0 aliphatic rings. The lowest BCUT2D eigenvalue weighted by Crippen LogP contribution is -2.30. The predicted octanol–water partition coefficient (Wildman–Crippen LogP) is 22.7. The lowest BCUT2D eigenvalue weighted by molar-refractivity contribution is -0.167. The van der Waals surface area contributed by atoms with Gasteiger partial charge in [0.15, 0.2) is 6.10 Å². The molecule has 0 saturated carbocycles. The maximum Gasteiger partial charge on any atom is 0.306 e. The molecule has 0 aromatic rings. The van der Waals surface area contributed by atoms with Gasteiger partial charge in [-0.25, -0.2) is 0 Å². The fourth-order valence-electron chi connectivity index (χ4n) is 9.43. The van der Waals surface area contributed by atoms with Crippen LogP contribution in [0.15, 0.2) is 85.1 Å². The van der Waals surface area contributed by atoms with Crippen LogP contribution in [0.4, 0.5) is 0 Å². The van der Waals surface area contributed by atoms with Gasteiger partial charge < -0.3 is 14.2 Å². The van der Waals surface area contributed by atoms with Gasteiger partial charge in [0, 0.05) is 19.3 Å². The number of allylic oxidation sites excluding steroid dienone is 14. The first-order valence-corrected chi connectivity index (χ1v) is 33.1. The molecule has 0 aromatic heterocycles. The average Bonchev–Trinajstić information content (AvgIpc) is 3.43. The minimum Gasteiger partial charge on any atom is -0.462 e. The third-order valence-corrected chi connectivity index (χ3v) is 14.4. The number of ether oxygens (including phenoxy) is 3. The molecule has 0 bridgehead atoms. The van der Waals surface area contributed by atoms with Gasteiger partial charge in [0.2, 0.25) is 0 Å². The molecule has 0 saturated heterocycles. The minimum atomic E-state index is -0.785. The van der Waals surface area contributed by atoms with E-state index in [2.05, 4.69) is 106 Å². The van der Waals surface area contributed by atoms with E-state index in [0.29, 0.717) is 19.3 Å². The summed E-state index contributed by atoms with van der Waals surface area (Å²) >= 11 is 0. The SMILES string of the molecule is CC/C=C\C/C=C\C/C=C\C/C=C\C/C=C\CCCCCCCCCCCC(=O)OCC(COC(=O)CCCCCCC/C=C\C/C=C\CCCC)OC(=O)CCCCCCCCCCCCCCCCCCCCCC. The van der Waals surface area contributed by atoms with Crippen LogP contribution in [0.1, 0.15) is 329 Å². The Balaban J connectivity index is 4.33. The zero-order chi connectivity index (χ0) is 55.7. The van der Waals surface area contributed by atoms with Gasteiger partial charge in [-0.3, -0.25) is 14.4 Å². The molecule has 0 heterocycles. The molecule has 77 heavy (non-hydrogen) atoms. The second-order valence-electron chi connectivity index (χ2n) is 22.0. The molecule has 0 aliphatic heterocycles. The van der Waals surface area contributed by atoms with Gasteiger partial charge in [-0.15, -0.1) is 0 Å². The van der Waals surface area contributed by atoms with Crippen LogP contribution in [0, 0.1) is 0 Å². The molecule has 0 amide bonds. The number of unbranched alkanes of at least 4 members (excludes halogenated alkanes) is 35. The van der Waals surface area contributed by atoms with E-state index < -0.39 is 6.10 Å². The molecule has 0 radical (unpaired) electrons. The molecule has 1 atom stereocenters. The summed E-state index contributed by atoms with van der Waals surface area (Å²) in [6.07, 6.45) is 85.9. The zero-order valence-electron chi connectivity index (χ0n) is 51.0. The van der Waals surface area contributed by atoms with E-state index in [9.17, 15) is 14.4 Å². The van der Waals surface area contributed by atoms with Gasteiger partial charge in [0.1, 0.15) is 13.2 Å². The monoisotopic (exact) mass is 1070 g/mol. The summed E-state index contributed by atoms with van der Waals surface area (Å²) < 4.78 is 16.9. The summed E-state index contributed by atoms with van der Waals surface area (Å²) in [6, 6.07) is 0. The highest BCUT2D eigenvalue weighted by Crippen LogP contribution is 2.17. The van der Waals surface area contributed by atoms with Crippen molar-refractivity contribution >= 4 is 17.9 Å². The van der Waals surface area contributed by atoms with Crippen LogP contribution >= 0.6 is 0 Å². The highest BCUT2D eigenvalue weighted by atomic mass is 16.6. The van der Waals surface area contributed by atoms with Crippen molar-refractivity contribution in [2.24, 2.45) is 0 Å². The van der Waals surface area contributed by atoms with Gasteiger partial charge in [-0.1, -0.05) is 305 Å². The summed E-state index contributed by atoms with van der Waals surface area (Å²) in [6.45, 7) is 6.51. The molecule has 6 heteroatoms. The summed E-state index contributed by atoms with van der Waals surface area (Å²) in [5, 5.41) is 0. The number of hydrogen-bond donors (Lipinski definition) is 0. The fraction of sp³-hybridized carbons (Fsp3) is 0.761. The second kappa shape index (κ2) is 65.1. The minimum absolute atomic E-state index is 0.0816. The molecule has 0 spiro atoms. The maximum absolute atomic E-state index is 12.9. The number of rotatable bonds is 60. The highest BCUT2D eigenvalue weighted by molar-refractivity contribution is 5.71. The van der Waals surface area contributed by atoms with E-state index >= 15 is 0 Å². The van der Waals surface area contributed by atoms with Crippen LogP contribution in [0.25, 0.3) is 0 Å². The number of hydrogen-bond acceptors (Lipinski definition) is 6. The normalized spacial score (nSPS) is 12.6. The van der Waals surface area contributed by atoms with Crippen LogP contribution in [0.2, 0.25) is 0 Å². The molecular formula is C71H124O6. The van der Waals surface area contributed by atoms with Crippen LogP contribution < -0.4 is 0 Å². The van der Waals surface area contributed by atoms with Crippen molar-refractivity contribution in [2.75, 3.05) is 13.2 Å². The first-order chi connectivity index (χ1) is 38.0. The summed E-state index contributed by atoms with van der Waals surface area (Å²) in [7, 11) is 0. The largest absolute Gasteiger partial charge is 0.462 e. The molecule has 0 fully saturated rings. The summed E-state index contributed by atoms with van der Waals surface area (Å²) in [5.41, 5.74) is 0. The lowest BCUT2D eigenvalue weighted by atomic mass is 10.0. The smallest absolute Gasteiger partial charge is 0.306 e. The van der Waals surface area contributed by atoms with Crippen LogP contribution in [-0.2, 0) is 28.6 Å². The average molecular weight is 1070 g/mol. The Labute approximate surface area is 477 Å². The highest BCUT2D eigenvalue weighted by Gasteiger charge is 2.19. The summed E-state index contributed by atoms with van der Waals surface area (Å²) in [5.74, 6) is -0.885. The molecule has 0 N–H and O–H groups in total. The van der Waals surface area contributed by atoms with E-state index in [0.717, 1.165) is 116 Å². The molecule has 6 nitrogen and oxygen atoms in total. The van der Waals surface area contributed by atoms with Gasteiger partial charge in [0.25, 0.3) is 0 Å². The molecule has 1 unspecified atom stereocenters. The van der Waals surface area contributed by atoms with Crippen molar-refractivity contribution in [2.45, 2.75) is 335 Å². The lowest BCUT2D eigenvalue weighted by Gasteiger charge is -2.18. The van der Waals surface area contributed by atoms with E-state index in [1.807, 2.05) is 0 Å². The quantitative estimate of drug-likeness (QED) is 0.0261. The number of carbonyl (C=O) groups is 3. The van der Waals surface area contributed by atoms with Gasteiger partial charge in [-0.2, -0.15) is 0 Å². The maximum atomic E-state index is 12.9. The standard InChI is InChI=1S/C71H124O6/c1-4-7-10-13-16-19-22-25-28-30-32-34-35-36-37-38-40-41-43-46-49-52-55-58-61-64-70(73)76-67-68(66-75-69(72)63-60-57-54-51-48-45-27-24-21-18-15-12-9-6-3)77-71(74)65-62-59-56-53-50-47-44-42-39-33-31-29-26-23-20-17-14-11-8-5-2/h7,10,15-16,18-19,24-25,27-28,32,34,36-37,68H,4-6,8-9,11-14,17,20-23,26,29-31,33,35,38-67H2,1-3H3/b10-7-,18-15-,19-16-,27-24-,28-25-,34-32-,37-36-. The van der Waals surface area contributed by atoms with Gasteiger partial charge in [0.05, 0.1) is 0 Å². The third-order valence-electron chi connectivity index (χ3n) is 14.4. The molecule has 444 valence electrons.